The fourth-order valence-corrected chi connectivity index (χ4v) is 4.30. The van der Waals surface area contributed by atoms with E-state index in [0.29, 0.717) is 13.2 Å². The molecule has 29 heavy (non-hydrogen) atoms. The summed E-state index contributed by atoms with van der Waals surface area (Å²) < 4.78 is 12.4. The van der Waals surface area contributed by atoms with Crippen molar-refractivity contribution in [3.63, 3.8) is 0 Å². The predicted octanol–water partition coefficient (Wildman–Crippen LogP) is 4.38. The number of para-hydroxylation sites is 1. The zero-order valence-corrected chi connectivity index (χ0v) is 17.6. The number of hydrogen-bond donors (Lipinski definition) is 2. The van der Waals surface area contributed by atoms with Gasteiger partial charge in [-0.1, -0.05) is 43.4 Å². The summed E-state index contributed by atoms with van der Waals surface area (Å²) in [6.45, 7) is 7.13. The Morgan fingerprint density at radius 1 is 1.07 bits per heavy atom. The highest BCUT2D eigenvalue weighted by Gasteiger charge is 2.24. The predicted molar refractivity (Wildman–Crippen MR) is 116 cm³/mol. The van der Waals surface area contributed by atoms with E-state index < -0.39 is 6.04 Å². The standard InChI is InChI=1S/C22H25N3O3S/c1-13(2)20(15-8-9-17-18(12-15)28-11-10-27-17)25-21(26)14(3)23-22-24-16-6-4-5-7-19(16)29-22/h4-9,12-14,20H,10-11H2,1-3H3,(H,23,24)(H,25,26). The van der Waals surface area contributed by atoms with Gasteiger partial charge in [0.2, 0.25) is 5.91 Å². The molecule has 0 radical (unpaired) electrons. The lowest BCUT2D eigenvalue weighted by Crippen LogP contribution is -2.41. The van der Waals surface area contributed by atoms with Gasteiger partial charge in [-0.3, -0.25) is 4.79 Å². The molecule has 0 aliphatic carbocycles. The Morgan fingerprint density at radius 3 is 2.59 bits per heavy atom. The Balaban J connectivity index is 1.46. The van der Waals surface area contributed by atoms with Crippen molar-refractivity contribution in [1.82, 2.24) is 10.3 Å². The van der Waals surface area contributed by atoms with Gasteiger partial charge in [0.15, 0.2) is 16.6 Å². The molecule has 2 heterocycles. The number of anilines is 1. The summed E-state index contributed by atoms with van der Waals surface area (Å²) in [6.07, 6.45) is 0. The molecule has 2 unspecified atom stereocenters. The van der Waals surface area contributed by atoms with Crippen LogP contribution in [0.4, 0.5) is 5.13 Å². The fraction of sp³-hybridized carbons (Fsp3) is 0.364. The second-order valence-corrected chi connectivity index (χ2v) is 8.52. The molecule has 3 aromatic rings. The Kier molecular flexibility index (Phi) is 5.58. The van der Waals surface area contributed by atoms with E-state index in [4.69, 9.17) is 9.47 Å². The van der Waals surface area contributed by atoms with Crippen LogP contribution in [0, 0.1) is 5.92 Å². The first kappa shape index (κ1) is 19.5. The van der Waals surface area contributed by atoms with E-state index in [-0.39, 0.29) is 17.9 Å². The Labute approximate surface area is 174 Å². The number of benzene rings is 2. The molecule has 2 aromatic carbocycles. The number of nitrogens with one attached hydrogen (secondary N) is 2. The number of thiazole rings is 1. The molecule has 152 valence electrons. The third-order valence-electron chi connectivity index (χ3n) is 4.92. The summed E-state index contributed by atoms with van der Waals surface area (Å²) in [5.41, 5.74) is 1.94. The zero-order chi connectivity index (χ0) is 20.4. The van der Waals surface area contributed by atoms with E-state index in [1.165, 1.54) is 0 Å². The van der Waals surface area contributed by atoms with E-state index in [2.05, 4.69) is 29.5 Å². The van der Waals surface area contributed by atoms with Crippen molar-refractivity contribution in [2.24, 2.45) is 5.92 Å². The lowest BCUT2D eigenvalue weighted by atomic mass is 9.95. The summed E-state index contributed by atoms with van der Waals surface area (Å²) in [5.74, 6) is 1.63. The van der Waals surface area contributed by atoms with Crippen molar-refractivity contribution >= 4 is 32.6 Å². The monoisotopic (exact) mass is 411 g/mol. The van der Waals surface area contributed by atoms with Crippen LogP contribution in [-0.4, -0.2) is 30.1 Å². The summed E-state index contributed by atoms with van der Waals surface area (Å²) in [6, 6.07) is 13.3. The van der Waals surface area contributed by atoms with Crippen molar-refractivity contribution < 1.29 is 14.3 Å². The number of fused-ring (bicyclic) bond motifs is 2. The van der Waals surface area contributed by atoms with Gasteiger partial charge in [0.1, 0.15) is 19.3 Å². The largest absolute Gasteiger partial charge is 0.486 e. The van der Waals surface area contributed by atoms with Gasteiger partial charge in [0.25, 0.3) is 0 Å². The molecule has 1 aliphatic heterocycles. The lowest BCUT2D eigenvalue weighted by molar-refractivity contribution is -0.122. The topological polar surface area (TPSA) is 72.5 Å². The molecule has 2 atom stereocenters. The molecule has 6 nitrogen and oxygen atoms in total. The number of carbonyl (C=O) groups excluding carboxylic acids is 1. The molecule has 4 rings (SSSR count). The maximum absolute atomic E-state index is 12.9. The Bertz CT molecular complexity index is 984. The maximum atomic E-state index is 12.9. The number of carbonyl (C=O) groups is 1. The number of rotatable bonds is 6. The van der Waals surface area contributed by atoms with Gasteiger partial charge in [-0.15, -0.1) is 0 Å². The number of aromatic nitrogens is 1. The number of amides is 1. The fourth-order valence-electron chi connectivity index (χ4n) is 3.35. The van der Waals surface area contributed by atoms with Crippen LogP contribution in [0.2, 0.25) is 0 Å². The van der Waals surface area contributed by atoms with E-state index in [1.807, 2.05) is 49.4 Å². The van der Waals surface area contributed by atoms with Gasteiger partial charge < -0.3 is 20.1 Å². The Hall–Kier alpha value is -2.80. The van der Waals surface area contributed by atoms with Gasteiger partial charge in [-0.2, -0.15) is 0 Å². The SMILES string of the molecule is CC(Nc1nc2ccccc2s1)C(=O)NC(c1ccc2c(c1)OCCO2)C(C)C. The normalized spacial score (nSPS) is 15.2. The highest BCUT2D eigenvalue weighted by molar-refractivity contribution is 7.22. The van der Waals surface area contributed by atoms with Crippen LogP contribution in [0.5, 0.6) is 11.5 Å². The van der Waals surface area contributed by atoms with Crippen LogP contribution in [0.15, 0.2) is 42.5 Å². The van der Waals surface area contributed by atoms with Crippen LogP contribution in [0.3, 0.4) is 0 Å². The minimum absolute atomic E-state index is 0.0714. The maximum Gasteiger partial charge on any atom is 0.242 e. The number of ether oxygens (including phenoxy) is 2. The molecule has 2 N–H and O–H groups in total. The molecule has 0 saturated carbocycles. The van der Waals surface area contributed by atoms with Crippen LogP contribution in [0.1, 0.15) is 32.4 Å². The van der Waals surface area contributed by atoms with Crippen molar-refractivity contribution in [3.8, 4) is 11.5 Å². The molecule has 0 spiro atoms. The average Bonchev–Trinajstić information content (AvgIpc) is 3.13. The molecule has 1 amide bonds. The average molecular weight is 412 g/mol. The van der Waals surface area contributed by atoms with Crippen LogP contribution in [-0.2, 0) is 4.79 Å². The first-order valence-electron chi connectivity index (χ1n) is 9.83. The van der Waals surface area contributed by atoms with Crippen LogP contribution < -0.4 is 20.1 Å². The van der Waals surface area contributed by atoms with E-state index in [1.54, 1.807) is 11.3 Å². The van der Waals surface area contributed by atoms with Gasteiger partial charge >= 0.3 is 0 Å². The van der Waals surface area contributed by atoms with Gasteiger partial charge in [-0.05, 0) is 42.7 Å². The van der Waals surface area contributed by atoms with Gasteiger partial charge in [-0.25, -0.2) is 4.98 Å². The number of hydrogen-bond acceptors (Lipinski definition) is 6. The highest BCUT2D eigenvalue weighted by Crippen LogP contribution is 2.34. The lowest BCUT2D eigenvalue weighted by Gasteiger charge is -2.26. The zero-order valence-electron chi connectivity index (χ0n) is 16.8. The summed E-state index contributed by atoms with van der Waals surface area (Å²) in [7, 11) is 0. The van der Waals surface area contributed by atoms with E-state index in [9.17, 15) is 4.79 Å². The highest BCUT2D eigenvalue weighted by atomic mass is 32.1. The summed E-state index contributed by atoms with van der Waals surface area (Å²) >= 11 is 1.55. The van der Waals surface area contributed by atoms with Crippen LogP contribution >= 0.6 is 11.3 Å². The smallest absolute Gasteiger partial charge is 0.242 e. The molecule has 0 bridgehead atoms. The molecule has 7 heteroatoms. The molecule has 0 saturated heterocycles. The van der Waals surface area contributed by atoms with E-state index >= 15 is 0 Å². The van der Waals surface area contributed by atoms with Crippen molar-refractivity contribution in [3.05, 3.63) is 48.0 Å². The molecular weight excluding hydrogens is 386 g/mol. The van der Waals surface area contributed by atoms with Crippen molar-refractivity contribution in [1.29, 1.82) is 0 Å². The summed E-state index contributed by atoms with van der Waals surface area (Å²) in [4.78, 5) is 17.4. The minimum Gasteiger partial charge on any atom is -0.486 e. The first-order valence-corrected chi connectivity index (χ1v) is 10.6. The van der Waals surface area contributed by atoms with Crippen molar-refractivity contribution in [2.45, 2.75) is 32.9 Å². The van der Waals surface area contributed by atoms with E-state index in [0.717, 1.165) is 32.4 Å². The van der Waals surface area contributed by atoms with Crippen LogP contribution in [0.25, 0.3) is 10.2 Å². The van der Waals surface area contributed by atoms with Gasteiger partial charge in [0.05, 0.1) is 16.3 Å². The van der Waals surface area contributed by atoms with Gasteiger partial charge in [0, 0.05) is 0 Å². The number of nitrogens with zero attached hydrogens (tertiary/aromatic N) is 1. The quantitative estimate of drug-likeness (QED) is 0.630. The first-order chi connectivity index (χ1) is 14.0. The third-order valence-corrected chi connectivity index (χ3v) is 5.88. The molecular formula is C22H25N3O3S. The molecule has 0 fully saturated rings. The second kappa shape index (κ2) is 8.29. The molecule has 1 aliphatic rings. The van der Waals surface area contributed by atoms with Crippen molar-refractivity contribution in [2.75, 3.05) is 18.5 Å². The third kappa shape index (κ3) is 4.29. The second-order valence-electron chi connectivity index (χ2n) is 7.49. The minimum atomic E-state index is -0.408. The molecule has 1 aromatic heterocycles. The summed E-state index contributed by atoms with van der Waals surface area (Å²) in [5, 5.41) is 7.14. The Morgan fingerprint density at radius 2 is 1.83 bits per heavy atom.